The number of anilines is 1. The van der Waals surface area contributed by atoms with Gasteiger partial charge in [0.2, 0.25) is 11.8 Å². The van der Waals surface area contributed by atoms with E-state index in [0.29, 0.717) is 11.6 Å². The molecule has 0 radical (unpaired) electrons. The van der Waals surface area contributed by atoms with Crippen LogP contribution in [0.5, 0.6) is 0 Å². The number of thiazole rings is 1. The Labute approximate surface area is 172 Å². The summed E-state index contributed by atoms with van der Waals surface area (Å²) < 4.78 is 0. The largest absolute Gasteiger partial charge is 0.360 e. The van der Waals surface area contributed by atoms with Gasteiger partial charge >= 0.3 is 0 Å². The molecule has 29 heavy (non-hydrogen) atoms. The van der Waals surface area contributed by atoms with E-state index < -0.39 is 0 Å². The lowest BCUT2D eigenvalue weighted by Crippen LogP contribution is -2.28. The van der Waals surface area contributed by atoms with Gasteiger partial charge in [-0.05, 0) is 11.6 Å². The van der Waals surface area contributed by atoms with Gasteiger partial charge in [-0.25, -0.2) is 4.98 Å². The number of aromatic nitrogens is 2. The molecule has 0 saturated carbocycles. The highest BCUT2D eigenvalue weighted by atomic mass is 32.1. The Kier molecular flexibility index (Phi) is 5.67. The molecule has 0 atom stereocenters. The van der Waals surface area contributed by atoms with Crippen LogP contribution in [0.25, 0.3) is 22.2 Å². The third-order valence-electron chi connectivity index (χ3n) is 4.50. The van der Waals surface area contributed by atoms with Crippen LogP contribution in [0.3, 0.4) is 0 Å². The quantitative estimate of drug-likeness (QED) is 0.435. The van der Waals surface area contributed by atoms with Crippen LogP contribution < -0.4 is 10.6 Å². The highest BCUT2D eigenvalue weighted by Crippen LogP contribution is 2.30. The van der Waals surface area contributed by atoms with Gasteiger partial charge in [-0.15, -0.1) is 11.3 Å². The summed E-state index contributed by atoms with van der Waals surface area (Å²) in [7, 11) is 0. The molecule has 146 valence electrons. The molecule has 0 saturated heterocycles. The minimum atomic E-state index is -0.176. The number of amides is 2. The number of H-pyrrole nitrogens is 1. The van der Waals surface area contributed by atoms with Crippen molar-refractivity contribution in [2.24, 2.45) is 0 Å². The van der Waals surface area contributed by atoms with E-state index in [1.165, 1.54) is 11.3 Å². The summed E-state index contributed by atoms with van der Waals surface area (Å²) in [4.78, 5) is 31.8. The Balaban J connectivity index is 1.28. The zero-order chi connectivity index (χ0) is 20.1. The van der Waals surface area contributed by atoms with E-state index in [1.54, 1.807) is 0 Å². The predicted octanol–water partition coefficient (Wildman–Crippen LogP) is 3.98. The van der Waals surface area contributed by atoms with Crippen molar-refractivity contribution in [2.45, 2.75) is 12.8 Å². The predicted molar refractivity (Wildman–Crippen MR) is 116 cm³/mol. The van der Waals surface area contributed by atoms with Gasteiger partial charge in [0.1, 0.15) is 0 Å². The second-order valence-electron chi connectivity index (χ2n) is 6.60. The molecule has 4 rings (SSSR count). The third-order valence-corrected chi connectivity index (χ3v) is 5.26. The number of rotatable bonds is 7. The Hall–Kier alpha value is -3.45. The van der Waals surface area contributed by atoms with Crippen LogP contribution in [-0.2, 0) is 16.0 Å². The van der Waals surface area contributed by atoms with Gasteiger partial charge in [0, 0.05) is 41.0 Å². The van der Waals surface area contributed by atoms with Crippen molar-refractivity contribution in [1.82, 2.24) is 15.3 Å². The number of carbonyl (C=O) groups excluding carboxylic acids is 2. The molecule has 2 aromatic heterocycles. The lowest BCUT2D eigenvalue weighted by molar-refractivity contribution is -0.120. The van der Waals surface area contributed by atoms with Gasteiger partial charge in [0.05, 0.1) is 12.1 Å². The fourth-order valence-electron chi connectivity index (χ4n) is 3.08. The van der Waals surface area contributed by atoms with Crippen LogP contribution in [0.4, 0.5) is 5.13 Å². The molecule has 7 heteroatoms. The SMILES string of the molecule is O=C(Cc1ccccc1)NCCC(=O)Nc1nc(-c2c[nH]c3ccccc23)cs1. The summed E-state index contributed by atoms with van der Waals surface area (Å²) in [5, 5.41) is 9.14. The number of benzene rings is 2. The third kappa shape index (κ3) is 4.70. The minimum Gasteiger partial charge on any atom is -0.360 e. The normalized spacial score (nSPS) is 10.8. The number of carbonyl (C=O) groups is 2. The van der Waals surface area contributed by atoms with Crippen molar-refractivity contribution in [3.05, 3.63) is 71.7 Å². The highest BCUT2D eigenvalue weighted by molar-refractivity contribution is 7.14. The van der Waals surface area contributed by atoms with Crippen LogP contribution in [-0.4, -0.2) is 28.3 Å². The molecule has 0 aliphatic rings. The van der Waals surface area contributed by atoms with Crippen LogP contribution in [0.2, 0.25) is 0 Å². The molecule has 3 N–H and O–H groups in total. The summed E-state index contributed by atoms with van der Waals surface area (Å²) in [5.74, 6) is -0.273. The van der Waals surface area contributed by atoms with Gasteiger partial charge in [0.15, 0.2) is 5.13 Å². The van der Waals surface area contributed by atoms with Crippen molar-refractivity contribution in [2.75, 3.05) is 11.9 Å². The molecule has 0 aliphatic heterocycles. The molecule has 0 fully saturated rings. The van der Waals surface area contributed by atoms with Crippen LogP contribution >= 0.6 is 11.3 Å². The molecule has 4 aromatic rings. The lowest BCUT2D eigenvalue weighted by atomic mass is 10.1. The number of aromatic amines is 1. The van der Waals surface area contributed by atoms with Crippen molar-refractivity contribution in [3.63, 3.8) is 0 Å². The van der Waals surface area contributed by atoms with Crippen LogP contribution in [0.1, 0.15) is 12.0 Å². The molecule has 2 amide bonds. The zero-order valence-electron chi connectivity index (χ0n) is 15.6. The number of para-hydroxylation sites is 1. The summed E-state index contributed by atoms with van der Waals surface area (Å²) in [6.07, 6.45) is 2.43. The first-order chi connectivity index (χ1) is 14.2. The van der Waals surface area contributed by atoms with Gasteiger partial charge in [-0.3, -0.25) is 9.59 Å². The van der Waals surface area contributed by atoms with E-state index >= 15 is 0 Å². The zero-order valence-corrected chi connectivity index (χ0v) is 16.5. The molecule has 0 aliphatic carbocycles. The van der Waals surface area contributed by atoms with Crippen molar-refractivity contribution in [1.29, 1.82) is 0 Å². The second kappa shape index (κ2) is 8.70. The second-order valence-corrected chi connectivity index (χ2v) is 7.45. The molecule has 0 spiro atoms. The van der Waals surface area contributed by atoms with Gasteiger partial charge in [-0.2, -0.15) is 0 Å². The standard InChI is InChI=1S/C22H20N4O2S/c27-20(10-11-23-21(28)12-15-6-2-1-3-7-15)26-22-25-19(14-29-22)17-13-24-18-9-5-4-8-16(17)18/h1-9,13-14,24H,10-12H2,(H,23,28)(H,25,26,27). The van der Waals surface area contributed by atoms with E-state index in [1.807, 2.05) is 66.2 Å². The topological polar surface area (TPSA) is 86.9 Å². The number of nitrogens with one attached hydrogen (secondary N) is 3. The van der Waals surface area contributed by atoms with Crippen molar-refractivity contribution in [3.8, 4) is 11.3 Å². The minimum absolute atomic E-state index is 0.0973. The fraction of sp³-hybridized carbons (Fsp3) is 0.136. The Bertz CT molecular complexity index is 1130. The van der Waals surface area contributed by atoms with E-state index in [-0.39, 0.29) is 24.8 Å². The Morgan fingerprint density at radius 3 is 2.66 bits per heavy atom. The molecule has 2 heterocycles. The van der Waals surface area contributed by atoms with E-state index in [4.69, 9.17) is 0 Å². The molecular weight excluding hydrogens is 384 g/mol. The average Bonchev–Trinajstić information content (AvgIpc) is 3.35. The van der Waals surface area contributed by atoms with Gasteiger partial charge in [-0.1, -0.05) is 48.5 Å². The molecule has 0 unspecified atom stereocenters. The van der Waals surface area contributed by atoms with E-state index in [9.17, 15) is 9.59 Å². The summed E-state index contributed by atoms with van der Waals surface area (Å²) in [5.41, 5.74) is 3.82. The summed E-state index contributed by atoms with van der Waals surface area (Å²) in [6.45, 7) is 0.290. The smallest absolute Gasteiger partial charge is 0.227 e. The van der Waals surface area contributed by atoms with Crippen LogP contribution in [0, 0.1) is 0 Å². The fourth-order valence-corrected chi connectivity index (χ4v) is 3.81. The summed E-state index contributed by atoms with van der Waals surface area (Å²) >= 11 is 1.38. The summed E-state index contributed by atoms with van der Waals surface area (Å²) in [6, 6.07) is 17.5. The first-order valence-corrected chi connectivity index (χ1v) is 10.2. The van der Waals surface area contributed by atoms with Crippen molar-refractivity contribution < 1.29 is 9.59 Å². The van der Waals surface area contributed by atoms with Gasteiger partial charge in [0.25, 0.3) is 0 Å². The lowest BCUT2D eigenvalue weighted by Gasteiger charge is -2.05. The Morgan fingerprint density at radius 2 is 1.79 bits per heavy atom. The Morgan fingerprint density at radius 1 is 1.00 bits per heavy atom. The van der Waals surface area contributed by atoms with Crippen molar-refractivity contribution >= 4 is 39.2 Å². The maximum atomic E-state index is 12.2. The van der Waals surface area contributed by atoms with Crippen LogP contribution in [0.15, 0.2) is 66.2 Å². The maximum absolute atomic E-state index is 12.2. The molecule has 2 aromatic carbocycles. The molecule has 0 bridgehead atoms. The first kappa shape index (κ1) is 18.9. The maximum Gasteiger partial charge on any atom is 0.227 e. The van der Waals surface area contributed by atoms with Gasteiger partial charge < -0.3 is 15.6 Å². The molecule has 6 nitrogen and oxygen atoms in total. The average molecular weight is 404 g/mol. The molecular formula is C22H20N4O2S. The first-order valence-electron chi connectivity index (χ1n) is 9.31. The number of nitrogens with zero attached hydrogens (tertiary/aromatic N) is 1. The number of hydrogen-bond donors (Lipinski definition) is 3. The number of fused-ring (bicyclic) bond motifs is 1. The van der Waals surface area contributed by atoms with E-state index in [2.05, 4.69) is 20.6 Å². The number of hydrogen-bond acceptors (Lipinski definition) is 4. The van der Waals surface area contributed by atoms with E-state index in [0.717, 1.165) is 27.7 Å². The highest BCUT2D eigenvalue weighted by Gasteiger charge is 2.12. The monoisotopic (exact) mass is 404 g/mol.